The first-order valence-electron chi connectivity index (χ1n) is 8.52. The molecule has 136 valence electrons. The fourth-order valence-electron chi connectivity index (χ4n) is 2.62. The van der Waals surface area contributed by atoms with Crippen LogP contribution in [0.1, 0.15) is 31.8 Å². The van der Waals surface area contributed by atoms with Crippen molar-refractivity contribution < 1.29 is 14.0 Å². The molecule has 0 radical (unpaired) electrons. The van der Waals surface area contributed by atoms with Crippen molar-refractivity contribution in [3.05, 3.63) is 101 Å². The minimum Gasteiger partial charge on any atom is -0.348 e. The SMILES string of the molecule is Cc1cccc(NC(=O)c2ccc(C(=O)NCc3ccccc3F)cc2)c1. The molecule has 27 heavy (non-hydrogen) atoms. The van der Waals surface area contributed by atoms with Crippen LogP contribution < -0.4 is 10.6 Å². The summed E-state index contributed by atoms with van der Waals surface area (Å²) in [4.78, 5) is 24.5. The number of halogens is 1. The van der Waals surface area contributed by atoms with Crippen LogP contribution in [0.2, 0.25) is 0 Å². The summed E-state index contributed by atoms with van der Waals surface area (Å²) in [5.74, 6) is -0.941. The third-order valence-electron chi connectivity index (χ3n) is 4.08. The summed E-state index contributed by atoms with van der Waals surface area (Å²) in [5, 5.41) is 5.49. The van der Waals surface area contributed by atoms with Gasteiger partial charge < -0.3 is 10.6 Å². The molecule has 0 spiro atoms. The van der Waals surface area contributed by atoms with E-state index in [0.717, 1.165) is 5.56 Å². The van der Waals surface area contributed by atoms with E-state index >= 15 is 0 Å². The first-order valence-corrected chi connectivity index (χ1v) is 8.52. The molecule has 0 aliphatic carbocycles. The van der Waals surface area contributed by atoms with E-state index < -0.39 is 0 Å². The number of anilines is 1. The number of benzene rings is 3. The Balaban J connectivity index is 1.61. The Hall–Kier alpha value is -3.47. The average molecular weight is 362 g/mol. The molecule has 3 rings (SSSR count). The Labute approximate surface area is 157 Å². The predicted molar refractivity (Wildman–Crippen MR) is 103 cm³/mol. The Bertz CT molecular complexity index is 968. The van der Waals surface area contributed by atoms with Crippen LogP contribution in [-0.4, -0.2) is 11.8 Å². The van der Waals surface area contributed by atoms with Crippen LogP contribution >= 0.6 is 0 Å². The van der Waals surface area contributed by atoms with Gasteiger partial charge in [0.1, 0.15) is 5.82 Å². The van der Waals surface area contributed by atoms with Gasteiger partial charge in [0, 0.05) is 28.9 Å². The molecular formula is C22H19FN2O2. The third-order valence-corrected chi connectivity index (χ3v) is 4.08. The van der Waals surface area contributed by atoms with Crippen molar-refractivity contribution >= 4 is 17.5 Å². The quantitative estimate of drug-likeness (QED) is 0.710. The summed E-state index contributed by atoms with van der Waals surface area (Å²) in [7, 11) is 0. The van der Waals surface area contributed by atoms with Crippen LogP contribution in [-0.2, 0) is 6.54 Å². The van der Waals surface area contributed by atoms with Gasteiger partial charge in [0.2, 0.25) is 0 Å². The summed E-state index contributed by atoms with van der Waals surface area (Å²) in [6.45, 7) is 2.05. The molecular weight excluding hydrogens is 343 g/mol. The Morgan fingerprint density at radius 1 is 0.852 bits per heavy atom. The number of carbonyl (C=O) groups is 2. The molecule has 0 aliphatic rings. The number of rotatable bonds is 5. The van der Waals surface area contributed by atoms with E-state index in [-0.39, 0.29) is 24.2 Å². The van der Waals surface area contributed by atoms with Crippen LogP contribution in [0.25, 0.3) is 0 Å². The third kappa shape index (κ3) is 4.79. The van der Waals surface area contributed by atoms with Crippen LogP contribution in [0, 0.1) is 12.7 Å². The second kappa shape index (κ2) is 8.27. The van der Waals surface area contributed by atoms with Gasteiger partial charge in [-0.1, -0.05) is 30.3 Å². The van der Waals surface area contributed by atoms with E-state index in [9.17, 15) is 14.0 Å². The minimum absolute atomic E-state index is 0.0983. The van der Waals surface area contributed by atoms with Crippen molar-refractivity contribution in [1.29, 1.82) is 0 Å². The minimum atomic E-state index is -0.360. The van der Waals surface area contributed by atoms with Crippen molar-refractivity contribution in [1.82, 2.24) is 5.32 Å². The Morgan fingerprint density at radius 2 is 1.52 bits per heavy atom. The predicted octanol–water partition coefficient (Wildman–Crippen LogP) is 4.32. The summed E-state index contributed by atoms with van der Waals surface area (Å²) in [5.41, 5.74) is 3.03. The maximum absolute atomic E-state index is 13.6. The van der Waals surface area contributed by atoms with E-state index in [1.54, 1.807) is 42.5 Å². The van der Waals surface area contributed by atoms with Crippen molar-refractivity contribution in [2.45, 2.75) is 13.5 Å². The van der Waals surface area contributed by atoms with Crippen LogP contribution in [0.3, 0.4) is 0 Å². The standard InChI is InChI=1S/C22H19FN2O2/c1-15-5-4-7-19(13-15)25-22(27)17-11-9-16(10-12-17)21(26)24-14-18-6-2-3-8-20(18)23/h2-13H,14H2,1H3,(H,24,26)(H,25,27). The summed E-state index contributed by atoms with van der Waals surface area (Å²) in [6.07, 6.45) is 0. The van der Waals surface area contributed by atoms with Gasteiger partial charge in [0.15, 0.2) is 0 Å². The van der Waals surface area contributed by atoms with E-state index in [2.05, 4.69) is 10.6 Å². The molecule has 2 N–H and O–H groups in total. The van der Waals surface area contributed by atoms with Crippen LogP contribution in [0.15, 0.2) is 72.8 Å². The molecule has 0 aromatic heterocycles. The van der Waals surface area contributed by atoms with Crippen LogP contribution in [0.4, 0.5) is 10.1 Å². The zero-order valence-corrected chi connectivity index (χ0v) is 14.8. The number of carbonyl (C=O) groups excluding carboxylic acids is 2. The summed E-state index contributed by atoms with van der Waals surface area (Å²) >= 11 is 0. The van der Waals surface area contributed by atoms with E-state index in [1.807, 2.05) is 31.2 Å². The smallest absolute Gasteiger partial charge is 0.255 e. The van der Waals surface area contributed by atoms with Crippen LogP contribution in [0.5, 0.6) is 0 Å². The van der Waals surface area contributed by atoms with Gasteiger partial charge in [-0.15, -0.1) is 0 Å². The Morgan fingerprint density at radius 3 is 2.19 bits per heavy atom. The topological polar surface area (TPSA) is 58.2 Å². The first-order chi connectivity index (χ1) is 13.0. The van der Waals surface area contributed by atoms with Gasteiger partial charge in [0.25, 0.3) is 11.8 Å². The molecule has 5 heteroatoms. The average Bonchev–Trinajstić information content (AvgIpc) is 2.67. The highest BCUT2D eigenvalue weighted by atomic mass is 19.1. The molecule has 2 amide bonds. The molecule has 0 heterocycles. The monoisotopic (exact) mass is 362 g/mol. The molecule has 4 nitrogen and oxygen atoms in total. The molecule has 3 aromatic rings. The van der Waals surface area contributed by atoms with Gasteiger partial charge in [-0.3, -0.25) is 9.59 Å². The van der Waals surface area contributed by atoms with Crippen molar-refractivity contribution in [3.8, 4) is 0 Å². The molecule has 0 saturated carbocycles. The lowest BCUT2D eigenvalue weighted by Crippen LogP contribution is -2.23. The molecule has 0 unspecified atom stereocenters. The van der Waals surface area contributed by atoms with E-state index in [4.69, 9.17) is 0 Å². The number of hydrogen-bond acceptors (Lipinski definition) is 2. The van der Waals surface area contributed by atoms with Gasteiger partial charge >= 0.3 is 0 Å². The highest BCUT2D eigenvalue weighted by Crippen LogP contribution is 2.13. The second-order valence-corrected chi connectivity index (χ2v) is 6.18. The zero-order valence-electron chi connectivity index (χ0n) is 14.8. The fraction of sp³-hybridized carbons (Fsp3) is 0.0909. The van der Waals surface area contributed by atoms with Gasteiger partial charge in [0.05, 0.1) is 0 Å². The summed E-state index contributed by atoms with van der Waals surface area (Å²) in [6, 6.07) is 20.1. The Kier molecular flexibility index (Phi) is 5.61. The normalized spacial score (nSPS) is 10.3. The maximum atomic E-state index is 13.6. The van der Waals surface area contributed by atoms with Crippen molar-refractivity contribution in [2.24, 2.45) is 0 Å². The molecule has 3 aromatic carbocycles. The fourth-order valence-corrected chi connectivity index (χ4v) is 2.62. The lowest BCUT2D eigenvalue weighted by atomic mass is 10.1. The maximum Gasteiger partial charge on any atom is 0.255 e. The number of aryl methyl sites for hydroxylation is 1. The molecule has 0 fully saturated rings. The number of hydrogen-bond donors (Lipinski definition) is 2. The first kappa shape index (κ1) is 18.3. The second-order valence-electron chi connectivity index (χ2n) is 6.18. The largest absolute Gasteiger partial charge is 0.348 e. The van der Waals surface area contributed by atoms with Gasteiger partial charge in [-0.25, -0.2) is 4.39 Å². The van der Waals surface area contributed by atoms with E-state index in [1.165, 1.54) is 6.07 Å². The summed E-state index contributed by atoms with van der Waals surface area (Å²) < 4.78 is 13.6. The van der Waals surface area contributed by atoms with Gasteiger partial charge in [-0.2, -0.15) is 0 Å². The number of amides is 2. The number of nitrogens with one attached hydrogen (secondary N) is 2. The zero-order chi connectivity index (χ0) is 19.2. The van der Waals surface area contributed by atoms with E-state index in [0.29, 0.717) is 22.4 Å². The van der Waals surface area contributed by atoms with Gasteiger partial charge in [-0.05, 0) is 55.0 Å². The van der Waals surface area contributed by atoms with Crippen molar-refractivity contribution in [3.63, 3.8) is 0 Å². The highest BCUT2D eigenvalue weighted by molar-refractivity contribution is 6.05. The highest BCUT2D eigenvalue weighted by Gasteiger charge is 2.10. The lowest BCUT2D eigenvalue weighted by molar-refractivity contribution is 0.0948. The molecule has 0 aliphatic heterocycles. The molecule has 0 saturated heterocycles. The molecule has 0 bridgehead atoms. The molecule has 0 atom stereocenters. The van der Waals surface area contributed by atoms with Crippen molar-refractivity contribution in [2.75, 3.05) is 5.32 Å². The lowest BCUT2D eigenvalue weighted by Gasteiger charge is -2.08.